The Morgan fingerprint density at radius 1 is 1.20 bits per heavy atom. The van der Waals surface area contributed by atoms with Crippen LogP contribution in [0.25, 0.3) is 0 Å². The zero-order valence-corrected chi connectivity index (χ0v) is 15.9. The molecule has 0 unspecified atom stereocenters. The molecule has 1 aromatic carbocycles. The Morgan fingerprint density at radius 2 is 1.92 bits per heavy atom. The summed E-state index contributed by atoms with van der Waals surface area (Å²) in [5.41, 5.74) is 2.52. The molecule has 3 rings (SSSR count). The van der Waals surface area contributed by atoms with Gasteiger partial charge in [0, 0.05) is 17.8 Å². The first-order chi connectivity index (χ1) is 11.8. The van der Waals surface area contributed by atoms with Crippen LogP contribution in [0.4, 0.5) is 0 Å². The number of carbonyl (C=O) groups is 1. The van der Waals surface area contributed by atoms with E-state index in [0.29, 0.717) is 4.21 Å². The van der Waals surface area contributed by atoms with E-state index >= 15 is 0 Å². The summed E-state index contributed by atoms with van der Waals surface area (Å²) in [6, 6.07) is 11.3. The lowest BCUT2D eigenvalue weighted by Gasteiger charge is -2.25. The minimum atomic E-state index is -3.55. The molecule has 1 aromatic heterocycles. The van der Waals surface area contributed by atoms with Crippen molar-refractivity contribution in [2.24, 2.45) is 0 Å². The predicted octanol–water partition coefficient (Wildman–Crippen LogP) is 2.78. The van der Waals surface area contributed by atoms with Crippen molar-refractivity contribution in [1.82, 2.24) is 10.0 Å². The largest absolute Gasteiger partial charge is 0.349 e. The fourth-order valence-electron chi connectivity index (χ4n) is 3.16. The summed E-state index contributed by atoms with van der Waals surface area (Å²) < 4.78 is 28.5. The van der Waals surface area contributed by atoms with E-state index in [4.69, 9.17) is 0 Å². The van der Waals surface area contributed by atoms with Gasteiger partial charge in [-0.1, -0.05) is 24.3 Å². The molecule has 5 nitrogen and oxygen atoms in total. The van der Waals surface area contributed by atoms with Crippen LogP contribution in [0, 0.1) is 0 Å². The highest BCUT2D eigenvalue weighted by Gasteiger charge is 2.25. The third-order valence-corrected chi connectivity index (χ3v) is 7.66. The fraction of sp³-hybridized carbons (Fsp3) is 0.389. The first kappa shape index (κ1) is 18.1. The van der Waals surface area contributed by atoms with Gasteiger partial charge in [-0.2, -0.15) is 0 Å². The van der Waals surface area contributed by atoms with Crippen molar-refractivity contribution in [2.75, 3.05) is 0 Å². The summed E-state index contributed by atoms with van der Waals surface area (Å²) in [6.07, 6.45) is 2.41. The number of carbonyl (C=O) groups excluding carboxylic acids is 1. The highest BCUT2D eigenvalue weighted by molar-refractivity contribution is 7.91. The number of nitrogens with one attached hydrogen (secondary N) is 2. The van der Waals surface area contributed by atoms with Gasteiger partial charge in [0.1, 0.15) is 4.21 Å². The molecule has 2 N–H and O–H groups in total. The normalized spacial score (nSPS) is 18.4. The van der Waals surface area contributed by atoms with Gasteiger partial charge >= 0.3 is 0 Å². The van der Waals surface area contributed by atoms with Crippen molar-refractivity contribution in [1.29, 1.82) is 0 Å². The zero-order valence-electron chi connectivity index (χ0n) is 14.3. The minimum Gasteiger partial charge on any atom is -0.349 e. The molecule has 0 radical (unpaired) electrons. The molecule has 0 bridgehead atoms. The first-order valence-electron chi connectivity index (χ1n) is 8.31. The van der Waals surface area contributed by atoms with Crippen molar-refractivity contribution < 1.29 is 13.2 Å². The Morgan fingerprint density at radius 3 is 2.64 bits per heavy atom. The second-order valence-electron chi connectivity index (χ2n) is 6.41. The highest BCUT2D eigenvalue weighted by atomic mass is 32.2. The number of amides is 1. The third kappa shape index (κ3) is 4.29. The quantitative estimate of drug-likeness (QED) is 0.840. The van der Waals surface area contributed by atoms with Crippen LogP contribution in [-0.4, -0.2) is 20.4 Å². The Bertz CT molecular complexity index is 874. The van der Waals surface area contributed by atoms with Crippen molar-refractivity contribution in [3.8, 4) is 0 Å². The Kier molecular flexibility index (Phi) is 5.27. The van der Waals surface area contributed by atoms with E-state index in [1.54, 1.807) is 12.1 Å². The van der Waals surface area contributed by atoms with E-state index in [0.717, 1.165) is 24.1 Å². The van der Waals surface area contributed by atoms with E-state index in [1.165, 1.54) is 29.4 Å². The SMILES string of the molecule is CC(=O)N[C@H](C)c1ccc(S(=O)(=O)N[C@@H]2CCc3ccccc3C2)s1. The molecule has 0 aliphatic heterocycles. The fourth-order valence-corrected chi connectivity index (χ4v) is 5.78. The smallest absolute Gasteiger partial charge is 0.250 e. The van der Waals surface area contributed by atoms with Crippen molar-refractivity contribution in [3.05, 3.63) is 52.4 Å². The molecule has 1 amide bonds. The number of rotatable bonds is 5. The molecule has 1 aliphatic rings. The summed E-state index contributed by atoms with van der Waals surface area (Å²) in [6.45, 7) is 3.29. The maximum atomic E-state index is 12.7. The Balaban J connectivity index is 1.71. The molecule has 134 valence electrons. The molecule has 0 spiro atoms. The van der Waals surface area contributed by atoms with Gasteiger partial charge in [-0.05, 0) is 49.4 Å². The monoisotopic (exact) mass is 378 g/mol. The molecule has 25 heavy (non-hydrogen) atoms. The molecular formula is C18H22N2O3S2. The van der Waals surface area contributed by atoms with Crippen LogP contribution >= 0.6 is 11.3 Å². The van der Waals surface area contributed by atoms with E-state index in [1.807, 2.05) is 19.1 Å². The van der Waals surface area contributed by atoms with E-state index in [-0.39, 0.29) is 18.0 Å². The summed E-state index contributed by atoms with van der Waals surface area (Å²) in [5.74, 6) is -0.135. The summed E-state index contributed by atoms with van der Waals surface area (Å²) >= 11 is 1.20. The minimum absolute atomic E-state index is 0.0850. The van der Waals surface area contributed by atoms with Crippen LogP contribution in [0.3, 0.4) is 0 Å². The van der Waals surface area contributed by atoms with Gasteiger partial charge in [0.25, 0.3) is 0 Å². The van der Waals surface area contributed by atoms with Gasteiger partial charge < -0.3 is 5.32 Å². The molecule has 2 aromatic rings. The average Bonchev–Trinajstić information content (AvgIpc) is 3.05. The Hall–Kier alpha value is -1.70. The second kappa shape index (κ2) is 7.27. The molecule has 1 aliphatic carbocycles. The van der Waals surface area contributed by atoms with E-state index in [2.05, 4.69) is 22.2 Å². The number of sulfonamides is 1. The molecule has 2 atom stereocenters. The molecular weight excluding hydrogens is 356 g/mol. The number of hydrogen-bond donors (Lipinski definition) is 2. The maximum absolute atomic E-state index is 12.7. The highest BCUT2D eigenvalue weighted by Crippen LogP contribution is 2.28. The predicted molar refractivity (Wildman–Crippen MR) is 99.1 cm³/mol. The van der Waals surface area contributed by atoms with Crippen LogP contribution in [0.5, 0.6) is 0 Å². The van der Waals surface area contributed by atoms with Crippen molar-refractivity contribution in [3.63, 3.8) is 0 Å². The van der Waals surface area contributed by atoms with Gasteiger partial charge in [0.2, 0.25) is 15.9 Å². The standard InChI is InChI=1S/C18H22N2O3S2/c1-12(19-13(2)21)17-9-10-18(24-17)25(22,23)20-16-8-7-14-5-3-4-6-15(14)11-16/h3-6,9-10,12,16,20H,7-8,11H2,1-2H3,(H,19,21)/t12-,16-/m1/s1. The maximum Gasteiger partial charge on any atom is 0.250 e. The number of aryl methyl sites for hydroxylation is 1. The lowest BCUT2D eigenvalue weighted by Crippen LogP contribution is -2.38. The van der Waals surface area contributed by atoms with Crippen LogP contribution in [0.15, 0.2) is 40.6 Å². The van der Waals surface area contributed by atoms with Crippen molar-refractivity contribution >= 4 is 27.3 Å². The van der Waals surface area contributed by atoms with Crippen LogP contribution < -0.4 is 10.0 Å². The molecule has 0 saturated carbocycles. The summed E-state index contributed by atoms with van der Waals surface area (Å²) in [5, 5.41) is 2.77. The molecule has 0 fully saturated rings. The lowest BCUT2D eigenvalue weighted by molar-refractivity contribution is -0.119. The second-order valence-corrected chi connectivity index (χ2v) is 9.46. The average molecular weight is 379 g/mol. The zero-order chi connectivity index (χ0) is 18.0. The van der Waals surface area contributed by atoms with Crippen LogP contribution in [0.1, 0.15) is 42.3 Å². The van der Waals surface area contributed by atoms with E-state index < -0.39 is 10.0 Å². The number of thiophene rings is 1. The summed E-state index contributed by atoms with van der Waals surface area (Å²) in [4.78, 5) is 12.0. The van der Waals surface area contributed by atoms with Crippen molar-refractivity contribution in [2.45, 2.75) is 49.4 Å². The first-order valence-corrected chi connectivity index (χ1v) is 10.6. The van der Waals surface area contributed by atoms with E-state index in [9.17, 15) is 13.2 Å². The number of fused-ring (bicyclic) bond motifs is 1. The Labute approximate surface area is 152 Å². The van der Waals surface area contributed by atoms with Crippen LogP contribution in [0.2, 0.25) is 0 Å². The van der Waals surface area contributed by atoms with Crippen LogP contribution in [-0.2, 0) is 27.7 Å². The topological polar surface area (TPSA) is 75.3 Å². The summed E-state index contributed by atoms with van der Waals surface area (Å²) in [7, 11) is -3.55. The van der Waals surface area contributed by atoms with Gasteiger partial charge in [-0.3, -0.25) is 4.79 Å². The molecule has 1 heterocycles. The van der Waals surface area contributed by atoms with Gasteiger partial charge in [0.15, 0.2) is 0 Å². The third-order valence-electron chi connectivity index (χ3n) is 4.38. The lowest BCUT2D eigenvalue weighted by atomic mass is 9.89. The number of hydrogen-bond acceptors (Lipinski definition) is 4. The van der Waals surface area contributed by atoms with Gasteiger partial charge in [-0.15, -0.1) is 11.3 Å². The number of benzene rings is 1. The van der Waals surface area contributed by atoms with Gasteiger partial charge in [-0.25, -0.2) is 13.1 Å². The molecule has 0 saturated heterocycles. The molecule has 7 heteroatoms. The van der Waals surface area contributed by atoms with Gasteiger partial charge in [0.05, 0.1) is 6.04 Å².